The number of carboxylic acid groups (broad SMARTS) is 1. The van der Waals surface area contributed by atoms with Crippen molar-refractivity contribution in [1.82, 2.24) is 5.32 Å². The maximum atomic E-state index is 12.9. The molecule has 1 unspecified atom stereocenters. The Bertz CT molecular complexity index is 531. The van der Waals surface area contributed by atoms with Crippen LogP contribution in [0.1, 0.15) is 25.3 Å². The van der Waals surface area contributed by atoms with Gasteiger partial charge < -0.3 is 10.4 Å². The molecule has 0 saturated heterocycles. The Morgan fingerprint density at radius 1 is 1.50 bits per heavy atom. The van der Waals surface area contributed by atoms with Crippen LogP contribution in [-0.2, 0) is 9.59 Å². The molecule has 1 atom stereocenters. The summed E-state index contributed by atoms with van der Waals surface area (Å²) in [4.78, 5) is 22.5. The largest absolute Gasteiger partial charge is 0.480 e. The van der Waals surface area contributed by atoms with Gasteiger partial charge in [0, 0.05) is 6.08 Å². The molecular weight excluding hydrogens is 285 g/mol. The molecule has 108 valence electrons. The van der Waals surface area contributed by atoms with Gasteiger partial charge in [-0.25, -0.2) is 9.18 Å². The maximum Gasteiger partial charge on any atom is 0.326 e. The van der Waals surface area contributed by atoms with Crippen molar-refractivity contribution in [1.29, 1.82) is 0 Å². The van der Waals surface area contributed by atoms with Crippen molar-refractivity contribution in [3.05, 3.63) is 40.7 Å². The predicted octanol–water partition coefficient (Wildman–Crippen LogP) is 2.86. The Morgan fingerprint density at radius 2 is 2.20 bits per heavy atom. The SMILES string of the molecule is CCCC(NC(=O)/C=C/c1ccc(F)c(Cl)c1)C(=O)O. The summed E-state index contributed by atoms with van der Waals surface area (Å²) in [5.74, 6) is -2.13. The fourth-order valence-corrected chi connectivity index (χ4v) is 1.74. The first-order valence-electron chi connectivity index (χ1n) is 6.10. The minimum absolute atomic E-state index is 0.0399. The number of carboxylic acids is 1. The zero-order chi connectivity index (χ0) is 15.1. The zero-order valence-electron chi connectivity index (χ0n) is 10.9. The van der Waals surface area contributed by atoms with Gasteiger partial charge in [0.1, 0.15) is 11.9 Å². The number of amides is 1. The van der Waals surface area contributed by atoms with E-state index in [2.05, 4.69) is 5.32 Å². The molecule has 0 heterocycles. The molecule has 4 nitrogen and oxygen atoms in total. The van der Waals surface area contributed by atoms with Crippen LogP contribution >= 0.6 is 11.6 Å². The van der Waals surface area contributed by atoms with E-state index in [1.807, 2.05) is 6.92 Å². The van der Waals surface area contributed by atoms with Crippen LogP contribution < -0.4 is 5.32 Å². The molecule has 0 bridgehead atoms. The first-order valence-corrected chi connectivity index (χ1v) is 6.48. The topological polar surface area (TPSA) is 66.4 Å². The number of halogens is 2. The van der Waals surface area contributed by atoms with Crippen molar-refractivity contribution in [3.8, 4) is 0 Å². The lowest BCUT2D eigenvalue weighted by Crippen LogP contribution is -2.39. The fraction of sp³-hybridized carbons (Fsp3) is 0.286. The van der Waals surface area contributed by atoms with Crippen molar-refractivity contribution in [3.63, 3.8) is 0 Å². The summed E-state index contributed by atoms with van der Waals surface area (Å²) in [5.41, 5.74) is 0.550. The molecule has 0 radical (unpaired) electrons. The second-order valence-corrected chi connectivity index (χ2v) is 4.60. The quantitative estimate of drug-likeness (QED) is 0.794. The second-order valence-electron chi connectivity index (χ2n) is 4.19. The summed E-state index contributed by atoms with van der Waals surface area (Å²) in [6.07, 6.45) is 3.63. The van der Waals surface area contributed by atoms with Gasteiger partial charge in [-0.1, -0.05) is 31.0 Å². The second kappa shape index (κ2) is 7.65. The van der Waals surface area contributed by atoms with Crippen molar-refractivity contribution < 1.29 is 19.1 Å². The van der Waals surface area contributed by atoms with E-state index >= 15 is 0 Å². The average Bonchev–Trinajstić information content (AvgIpc) is 2.39. The lowest BCUT2D eigenvalue weighted by molar-refractivity contribution is -0.141. The molecule has 0 aliphatic rings. The molecule has 1 rings (SSSR count). The Hall–Kier alpha value is -1.88. The predicted molar refractivity (Wildman–Crippen MR) is 74.9 cm³/mol. The molecule has 1 aromatic rings. The van der Waals surface area contributed by atoms with Gasteiger partial charge in [-0.2, -0.15) is 0 Å². The number of carbonyl (C=O) groups is 2. The fourth-order valence-electron chi connectivity index (χ4n) is 1.55. The molecule has 1 aromatic carbocycles. The van der Waals surface area contributed by atoms with E-state index in [1.54, 1.807) is 0 Å². The van der Waals surface area contributed by atoms with Crippen LogP contribution in [0.25, 0.3) is 6.08 Å². The number of hydrogen-bond donors (Lipinski definition) is 2. The van der Waals surface area contributed by atoms with Crippen molar-refractivity contribution in [2.75, 3.05) is 0 Å². The lowest BCUT2D eigenvalue weighted by atomic mass is 10.1. The van der Waals surface area contributed by atoms with Crippen molar-refractivity contribution in [2.45, 2.75) is 25.8 Å². The highest BCUT2D eigenvalue weighted by atomic mass is 35.5. The van der Waals surface area contributed by atoms with Crippen LogP contribution in [-0.4, -0.2) is 23.0 Å². The van der Waals surface area contributed by atoms with E-state index in [0.29, 0.717) is 18.4 Å². The van der Waals surface area contributed by atoms with E-state index in [-0.39, 0.29) is 5.02 Å². The van der Waals surface area contributed by atoms with E-state index in [0.717, 1.165) is 0 Å². The third-order valence-electron chi connectivity index (χ3n) is 2.56. The highest BCUT2D eigenvalue weighted by Crippen LogP contribution is 2.16. The number of carbonyl (C=O) groups excluding carboxylic acids is 1. The molecule has 0 spiro atoms. The van der Waals surface area contributed by atoms with E-state index in [1.165, 1.54) is 30.4 Å². The van der Waals surface area contributed by atoms with Crippen molar-refractivity contribution in [2.24, 2.45) is 0 Å². The van der Waals surface area contributed by atoms with E-state index < -0.39 is 23.7 Å². The molecule has 0 fully saturated rings. The lowest BCUT2D eigenvalue weighted by Gasteiger charge is -2.11. The molecule has 1 amide bonds. The first kappa shape index (κ1) is 16.2. The highest BCUT2D eigenvalue weighted by molar-refractivity contribution is 6.30. The summed E-state index contributed by atoms with van der Waals surface area (Å²) in [6, 6.07) is 3.12. The molecule has 2 N–H and O–H groups in total. The van der Waals surface area contributed by atoms with Gasteiger partial charge in [0.2, 0.25) is 5.91 Å². The van der Waals surface area contributed by atoms with Crippen LogP contribution in [0.3, 0.4) is 0 Å². The van der Waals surface area contributed by atoms with Gasteiger partial charge in [-0.3, -0.25) is 4.79 Å². The molecule has 0 saturated carbocycles. The maximum absolute atomic E-state index is 12.9. The molecule has 0 aliphatic carbocycles. The number of hydrogen-bond acceptors (Lipinski definition) is 2. The highest BCUT2D eigenvalue weighted by Gasteiger charge is 2.17. The third-order valence-corrected chi connectivity index (χ3v) is 2.85. The first-order chi connectivity index (χ1) is 9.43. The molecule has 0 aromatic heterocycles. The Labute approximate surface area is 121 Å². The molecular formula is C14H15ClFNO3. The summed E-state index contributed by atoms with van der Waals surface area (Å²) < 4.78 is 12.9. The number of benzene rings is 1. The van der Waals surface area contributed by atoms with Gasteiger partial charge in [-0.15, -0.1) is 0 Å². The van der Waals surface area contributed by atoms with E-state index in [9.17, 15) is 14.0 Å². The summed E-state index contributed by atoms with van der Waals surface area (Å²) >= 11 is 5.61. The van der Waals surface area contributed by atoms with E-state index in [4.69, 9.17) is 16.7 Å². The van der Waals surface area contributed by atoms with Gasteiger partial charge in [0.25, 0.3) is 0 Å². The monoisotopic (exact) mass is 299 g/mol. The third kappa shape index (κ3) is 5.01. The summed E-state index contributed by atoms with van der Waals surface area (Å²) in [5, 5.41) is 11.2. The normalized spacial score (nSPS) is 12.3. The number of rotatable bonds is 6. The van der Waals surface area contributed by atoms with Gasteiger partial charge in [0.15, 0.2) is 0 Å². The molecule has 20 heavy (non-hydrogen) atoms. The molecule has 6 heteroatoms. The van der Waals surface area contributed by atoms with Crippen LogP contribution in [0, 0.1) is 5.82 Å². The molecule has 0 aliphatic heterocycles. The van der Waals surface area contributed by atoms with Crippen LogP contribution in [0.15, 0.2) is 24.3 Å². The van der Waals surface area contributed by atoms with Crippen LogP contribution in [0.2, 0.25) is 5.02 Å². The minimum Gasteiger partial charge on any atom is -0.480 e. The Balaban J connectivity index is 2.67. The van der Waals surface area contributed by atoms with Crippen LogP contribution in [0.4, 0.5) is 4.39 Å². The Kier molecular flexibility index (Phi) is 6.18. The zero-order valence-corrected chi connectivity index (χ0v) is 11.7. The van der Waals surface area contributed by atoms with Gasteiger partial charge in [0.05, 0.1) is 5.02 Å². The average molecular weight is 300 g/mol. The van der Waals surface area contributed by atoms with Gasteiger partial charge >= 0.3 is 5.97 Å². The number of nitrogens with one attached hydrogen (secondary N) is 1. The number of aliphatic carboxylic acids is 1. The summed E-state index contributed by atoms with van der Waals surface area (Å²) in [6.45, 7) is 1.83. The Morgan fingerprint density at radius 3 is 2.75 bits per heavy atom. The standard InChI is InChI=1S/C14H15ClFNO3/c1-2-3-12(14(19)20)17-13(18)7-5-9-4-6-11(16)10(15)8-9/h4-8,12H,2-3H2,1H3,(H,17,18)(H,19,20)/b7-5+. The van der Waals surface area contributed by atoms with Crippen LogP contribution in [0.5, 0.6) is 0 Å². The van der Waals surface area contributed by atoms with Crippen molar-refractivity contribution >= 4 is 29.6 Å². The minimum atomic E-state index is -1.07. The van der Waals surface area contributed by atoms with Gasteiger partial charge in [-0.05, 0) is 30.2 Å². The summed E-state index contributed by atoms with van der Waals surface area (Å²) in [7, 11) is 0. The smallest absolute Gasteiger partial charge is 0.326 e.